The Labute approximate surface area is 156 Å². The van der Waals surface area contributed by atoms with E-state index < -0.39 is 0 Å². The molecule has 0 radical (unpaired) electrons. The van der Waals surface area contributed by atoms with E-state index in [4.69, 9.17) is 11.1 Å². The van der Waals surface area contributed by atoms with Crippen LogP contribution in [0.4, 0.5) is 5.69 Å². The zero-order chi connectivity index (χ0) is 18.8. The number of nitrogens with zero attached hydrogens (tertiary/aromatic N) is 3. The SMILES string of the molecule is N=C(C(=O)N(Cc1ccccn1)C1CC1)c1ccc(-c2cn[nH]c2)cc1N. The Morgan fingerprint density at radius 1 is 1.26 bits per heavy atom. The lowest BCUT2D eigenvalue weighted by molar-refractivity contribution is -0.125. The van der Waals surface area contributed by atoms with Crippen molar-refractivity contribution in [1.82, 2.24) is 20.1 Å². The van der Waals surface area contributed by atoms with Crippen molar-refractivity contribution in [3.8, 4) is 11.1 Å². The minimum atomic E-state index is -0.314. The van der Waals surface area contributed by atoms with E-state index in [0.717, 1.165) is 29.7 Å². The summed E-state index contributed by atoms with van der Waals surface area (Å²) in [5.41, 5.74) is 9.52. The van der Waals surface area contributed by atoms with Crippen molar-refractivity contribution >= 4 is 17.3 Å². The van der Waals surface area contributed by atoms with Gasteiger partial charge < -0.3 is 10.6 Å². The van der Waals surface area contributed by atoms with Crippen LogP contribution in [0.1, 0.15) is 24.1 Å². The highest BCUT2D eigenvalue weighted by atomic mass is 16.2. The second-order valence-corrected chi connectivity index (χ2v) is 6.65. The van der Waals surface area contributed by atoms with Crippen molar-refractivity contribution in [2.24, 2.45) is 0 Å². The Bertz CT molecular complexity index is 963. The molecule has 3 aromatic rings. The van der Waals surface area contributed by atoms with Crippen molar-refractivity contribution in [3.05, 3.63) is 66.2 Å². The fourth-order valence-electron chi connectivity index (χ4n) is 3.06. The number of pyridine rings is 1. The molecule has 0 unspecified atom stereocenters. The fraction of sp³-hybridized carbons (Fsp3) is 0.200. The van der Waals surface area contributed by atoms with Crippen LogP contribution in [0, 0.1) is 5.41 Å². The minimum absolute atomic E-state index is 0.0888. The molecule has 0 bridgehead atoms. The average Bonchev–Trinajstić information content (AvgIpc) is 3.38. The van der Waals surface area contributed by atoms with Crippen LogP contribution in [-0.2, 0) is 11.3 Å². The number of carbonyl (C=O) groups excluding carboxylic acids is 1. The Hall–Kier alpha value is -3.48. The molecule has 1 aliphatic carbocycles. The lowest BCUT2D eigenvalue weighted by atomic mass is 10.0. The summed E-state index contributed by atoms with van der Waals surface area (Å²) in [7, 11) is 0. The predicted molar refractivity (Wildman–Crippen MR) is 103 cm³/mol. The first-order valence-electron chi connectivity index (χ1n) is 8.82. The van der Waals surface area contributed by atoms with Gasteiger partial charge in [0, 0.05) is 35.2 Å². The number of nitrogens with one attached hydrogen (secondary N) is 2. The van der Waals surface area contributed by atoms with E-state index >= 15 is 0 Å². The summed E-state index contributed by atoms with van der Waals surface area (Å²) in [4.78, 5) is 19.0. The molecule has 0 aliphatic heterocycles. The van der Waals surface area contributed by atoms with Crippen LogP contribution in [-0.4, -0.2) is 37.7 Å². The van der Waals surface area contributed by atoms with Gasteiger partial charge in [-0.15, -0.1) is 0 Å². The van der Waals surface area contributed by atoms with Gasteiger partial charge in [0.25, 0.3) is 5.91 Å². The number of hydrogen-bond donors (Lipinski definition) is 3. The number of hydrogen-bond acceptors (Lipinski definition) is 5. The van der Waals surface area contributed by atoms with E-state index in [1.165, 1.54) is 0 Å². The van der Waals surface area contributed by atoms with Gasteiger partial charge >= 0.3 is 0 Å². The van der Waals surface area contributed by atoms with Crippen LogP contribution in [0.2, 0.25) is 0 Å². The van der Waals surface area contributed by atoms with Crippen LogP contribution in [0.3, 0.4) is 0 Å². The van der Waals surface area contributed by atoms with E-state index in [2.05, 4.69) is 15.2 Å². The predicted octanol–water partition coefficient (Wildman–Crippen LogP) is 2.61. The van der Waals surface area contributed by atoms with Gasteiger partial charge in [0.15, 0.2) is 0 Å². The zero-order valence-corrected chi connectivity index (χ0v) is 14.7. The monoisotopic (exact) mass is 360 g/mol. The molecule has 4 rings (SSSR count). The summed E-state index contributed by atoms with van der Waals surface area (Å²) in [6, 6.07) is 11.1. The summed E-state index contributed by atoms with van der Waals surface area (Å²) < 4.78 is 0. The molecular formula is C20H20N6O. The highest BCUT2D eigenvalue weighted by Crippen LogP contribution is 2.30. The summed E-state index contributed by atoms with van der Waals surface area (Å²) in [5.74, 6) is -0.314. The quantitative estimate of drug-likeness (QED) is 0.463. The van der Waals surface area contributed by atoms with E-state index in [-0.39, 0.29) is 17.7 Å². The number of H-pyrrole nitrogens is 1. The molecule has 4 N–H and O–H groups in total. The number of rotatable bonds is 6. The van der Waals surface area contributed by atoms with E-state index in [1.807, 2.05) is 24.3 Å². The third-order valence-electron chi connectivity index (χ3n) is 4.67. The molecule has 2 heterocycles. The van der Waals surface area contributed by atoms with Gasteiger partial charge in [-0.1, -0.05) is 12.1 Å². The van der Waals surface area contributed by atoms with Gasteiger partial charge in [0.1, 0.15) is 5.71 Å². The lowest BCUT2D eigenvalue weighted by Gasteiger charge is -2.23. The smallest absolute Gasteiger partial charge is 0.273 e. The van der Waals surface area contributed by atoms with Gasteiger partial charge in [-0.05, 0) is 42.7 Å². The fourth-order valence-corrected chi connectivity index (χ4v) is 3.06. The van der Waals surface area contributed by atoms with Crippen LogP contribution in [0.15, 0.2) is 55.0 Å². The number of amides is 1. The summed E-state index contributed by atoms with van der Waals surface area (Å²) in [6.07, 6.45) is 7.10. The van der Waals surface area contributed by atoms with E-state index in [0.29, 0.717) is 17.8 Å². The first-order chi connectivity index (χ1) is 13.1. The molecule has 136 valence electrons. The summed E-state index contributed by atoms with van der Waals surface area (Å²) in [5, 5.41) is 15.1. The number of anilines is 1. The standard InChI is InChI=1S/C20H20N6O/c21-18-9-13(14-10-24-25-11-14)4-7-17(18)19(22)20(27)26(16-5-6-16)12-15-3-1-2-8-23-15/h1-4,7-11,16,22H,5-6,12,21H2,(H,24,25). The maximum atomic E-state index is 13.0. The Kier molecular flexibility index (Phi) is 4.42. The normalized spacial score (nSPS) is 13.3. The number of benzene rings is 1. The first-order valence-corrected chi connectivity index (χ1v) is 8.82. The Morgan fingerprint density at radius 3 is 2.74 bits per heavy atom. The molecule has 2 aromatic heterocycles. The first kappa shape index (κ1) is 17.0. The lowest BCUT2D eigenvalue weighted by Crippen LogP contribution is -2.38. The topological polar surface area (TPSA) is 112 Å². The second-order valence-electron chi connectivity index (χ2n) is 6.65. The highest BCUT2D eigenvalue weighted by Gasteiger charge is 2.35. The number of carbonyl (C=O) groups is 1. The number of aromatic nitrogens is 3. The summed E-state index contributed by atoms with van der Waals surface area (Å²) in [6.45, 7) is 0.403. The van der Waals surface area contributed by atoms with Gasteiger partial charge in [-0.25, -0.2) is 0 Å². The second kappa shape index (κ2) is 7.03. The van der Waals surface area contributed by atoms with Crippen LogP contribution in [0.25, 0.3) is 11.1 Å². The largest absolute Gasteiger partial charge is 0.398 e. The average molecular weight is 360 g/mol. The van der Waals surface area contributed by atoms with Crippen LogP contribution < -0.4 is 5.73 Å². The molecule has 1 fully saturated rings. The van der Waals surface area contributed by atoms with Crippen LogP contribution >= 0.6 is 0 Å². The van der Waals surface area contributed by atoms with Crippen molar-refractivity contribution < 1.29 is 4.79 Å². The molecule has 1 amide bonds. The van der Waals surface area contributed by atoms with E-state index in [1.54, 1.807) is 35.6 Å². The van der Waals surface area contributed by atoms with Crippen molar-refractivity contribution in [3.63, 3.8) is 0 Å². The molecule has 0 spiro atoms. The third-order valence-corrected chi connectivity index (χ3v) is 4.67. The molecular weight excluding hydrogens is 340 g/mol. The third kappa shape index (κ3) is 3.57. The summed E-state index contributed by atoms with van der Waals surface area (Å²) >= 11 is 0. The molecule has 7 nitrogen and oxygen atoms in total. The van der Waals surface area contributed by atoms with Crippen molar-refractivity contribution in [2.75, 3.05) is 5.73 Å². The Morgan fingerprint density at radius 2 is 2.11 bits per heavy atom. The molecule has 1 saturated carbocycles. The molecule has 27 heavy (non-hydrogen) atoms. The van der Waals surface area contributed by atoms with Gasteiger partial charge in [-0.3, -0.25) is 20.3 Å². The number of nitrogens with two attached hydrogens (primary N) is 1. The van der Waals surface area contributed by atoms with Gasteiger partial charge in [-0.2, -0.15) is 5.10 Å². The molecule has 0 atom stereocenters. The molecule has 1 aliphatic rings. The van der Waals surface area contributed by atoms with Crippen molar-refractivity contribution in [2.45, 2.75) is 25.4 Å². The minimum Gasteiger partial charge on any atom is -0.398 e. The molecule has 7 heteroatoms. The van der Waals surface area contributed by atoms with Crippen LogP contribution in [0.5, 0.6) is 0 Å². The number of aromatic amines is 1. The maximum Gasteiger partial charge on any atom is 0.273 e. The zero-order valence-electron chi connectivity index (χ0n) is 14.7. The van der Waals surface area contributed by atoms with Gasteiger partial charge in [0.05, 0.1) is 18.4 Å². The molecule has 0 saturated heterocycles. The van der Waals surface area contributed by atoms with Gasteiger partial charge in [0.2, 0.25) is 0 Å². The maximum absolute atomic E-state index is 13.0. The molecule has 1 aromatic carbocycles. The van der Waals surface area contributed by atoms with E-state index in [9.17, 15) is 4.79 Å². The highest BCUT2D eigenvalue weighted by molar-refractivity contribution is 6.45. The number of nitrogen functional groups attached to an aromatic ring is 1. The Balaban J connectivity index is 1.56. The van der Waals surface area contributed by atoms with Crippen molar-refractivity contribution in [1.29, 1.82) is 5.41 Å².